The van der Waals surface area contributed by atoms with Gasteiger partial charge in [0.25, 0.3) is 0 Å². The Hall–Kier alpha value is -2.82. The van der Waals surface area contributed by atoms with E-state index in [2.05, 4.69) is 0 Å². The molecule has 23 heavy (non-hydrogen) atoms. The zero-order chi connectivity index (χ0) is 16.8. The van der Waals surface area contributed by atoms with Crippen molar-refractivity contribution in [3.05, 3.63) is 53.6 Å². The van der Waals surface area contributed by atoms with Gasteiger partial charge in [-0.05, 0) is 48.4 Å². The van der Waals surface area contributed by atoms with Crippen LogP contribution in [0.15, 0.2) is 42.5 Å². The second kappa shape index (κ2) is 7.45. The van der Waals surface area contributed by atoms with Crippen molar-refractivity contribution in [2.75, 3.05) is 20.8 Å². The topological polar surface area (TPSA) is 61.8 Å². The highest BCUT2D eigenvalue weighted by Gasteiger charge is 2.17. The van der Waals surface area contributed by atoms with Gasteiger partial charge in [-0.2, -0.15) is 0 Å². The molecule has 2 rings (SSSR count). The maximum absolute atomic E-state index is 12.0. The Bertz CT molecular complexity index is 721. The van der Waals surface area contributed by atoms with Crippen LogP contribution in [-0.2, 0) is 9.47 Å². The van der Waals surface area contributed by atoms with Gasteiger partial charge in [-0.15, -0.1) is 0 Å². The van der Waals surface area contributed by atoms with Crippen LogP contribution in [0, 0.1) is 0 Å². The Labute approximate surface area is 134 Å². The normalized spacial score (nSPS) is 10.0. The summed E-state index contributed by atoms with van der Waals surface area (Å²) in [5, 5.41) is 0. The van der Waals surface area contributed by atoms with Crippen molar-refractivity contribution in [3.8, 4) is 16.9 Å². The number of rotatable bonds is 5. The average Bonchev–Trinajstić information content (AvgIpc) is 2.60. The minimum atomic E-state index is -0.474. The summed E-state index contributed by atoms with van der Waals surface area (Å²) in [4.78, 5) is 23.9. The van der Waals surface area contributed by atoms with Crippen LogP contribution in [0.5, 0.6) is 5.75 Å². The van der Waals surface area contributed by atoms with Gasteiger partial charge in [0.1, 0.15) is 5.75 Å². The molecule has 2 aromatic carbocycles. The Morgan fingerprint density at radius 2 is 1.78 bits per heavy atom. The first-order valence-corrected chi connectivity index (χ1v) is 7.14. The maximum atomic E-state index is 12.0. The molecule has 0 fully saturated rings. The van der Waals surface area contributed by atoms with Gasteiger partial charge in [0.2, 0.25) is 0 Å². The summed E-state index contributed by atoms with van der Waals surface area (Å²) in [7, 11) is 2.88. The number of ether oxygens (including phenoxy) is 3. The number of hydrogen-bond acceptors (Lipinski definition) is 5. The van der Waals surface area contributed by atoms with E-state index in [9.17, 15) is 9.59 Å². The molecule has 5 heteroatoms. The number of esters is 2. The maximum Gasteiger partial charge on any atom is 0.338 e. The Kier molecular flexibility index (Phi) is 5.36. The summed E-state index contributed by atoms with van der Waals surface area (Å²) in [6.45, 7) is 2.02. The molecule has 0 atom stereocenters. The zero-order valence-corrected chi connectivity index (χ0v) is 13.3. The first-order valence-electron chi connectivity index (χ1n) is 7.14. The molecule has 0 aliphatic rings. The highest BCUT2D eigenvalue weighted by molar-refractivity contribution is 6.00. The van der Waals surface area contributed by atoms with E-state index in [-0.39, 0.29) is 6.61 Å². The predicted molar refractivity (Wildman–Crippen MR) is 85.7 cm³/mol. The van der Waals surface area contributed by atoms with Crippen molar-refractivity contribution in [1.82, 2.24) is 0 Å². The van der Waals surface area contributed by atoms with Gasteiger partial charge in [-0.1, -0.05) is 12.1 Å². The van der Waals surface area contributed by atoms with E-state index in [1.807, 2.05) is 12.1 Å². The van der Waals surface area contributed by atoms with Gasteiger partial charge < -0.3 is 14.2 Å². The highest BCUT2D eigenvalue weighted by Crippen LogP contribution is 2.29. The Morgan fingerprint density at radius 3 is 2.43 bits per heavy atom. The minimum absolute atomic E-state index is 0.284. The van der Waals surface area contributed by atoms with Crippen LogP contribution in [-0.4, -0.2) is 32.8 Å². The molecule has 0 N–H and O–H groups in total. The molecular formula is C18H18O5. The van der Waals surface area contributed by atoms with E-state index in [0.717, 1.165) is 5.56 Å². The van der Waals surface area contributed by atoms with E-state index in [1.54, 1.807) is 44.4 Å². The molecule has 0 aromatic heterocycles. The van der Waals surface area contributed by atoms with E-state index in [1.165, 1.54) is 7.11 Å². The molecule has 0 unspecified atom stereocenters. The third kappa shape index (κ3) is 3.69. The lowest BCUT2D eigenvalue weighted by Gasteiger charge is -2.11. The molecule has 0 spiro atoms. The summed E-state index contributed by atoms with van der Waals surface area (Å²) < 4.78 is 15.0. The second-order valence-electron chi connectivity index (χ2n) is 4.70. The molecule has 2 aromatic rings. The average molecular weight is 314 g/mol. The smallest absolute Gasteiger partial charge is 0.338 e. The molecule has 0 amide bonds. The fourth-order valence-electron chi connectivity index (χ4n) is 2.20. The standard InChI is InChI=1S/C18H18O5/c1-4-23-17(19)13-8-9-15(18(20)22-3)16(11-13)12-6-5-7-14(10-12)21-2/h5-11H,4H2,1-3H3. The van der Waals surface area contributed by atoms with Gasteiger partial charge in [-0.3, -0.25) is 0 Å². The zero-order valence-electron chi connectivity index (χ0n) is 13.3. The quantitative estimate of drug-likeness (QED) is 0.792. The van der Waals surface area contributed by atoms with Crippen LogP contribution in [0.2, 0.25) is 0 Å². The van der Waals surface area contributed by atoms with Crippen LogP contribution >= 0.6 is 0 Å². The van der Waals surface area contributed by atoms with Gasteiger partial charge in [0.05, 0.1) is 32.0 Å². The molecule has 0 aliphatic heterocycles. The van der Waals surface area contributed by atoms with Gasteiger partial charge in [0, 0.05) is 0 Å². The molecule has 0 saturated carbocycles. The monoisotopic (exact) mass is 314 g/mol. The summed E-state index contributed by atoms with van der Waals surface area (Å²) in [6, 6.07) is 12.0. The van der Waals surface area contributed by atoms with Crippen molar-refractivity contribution in [2.45, 2.75) is 6.92 Å². The van der Waals surface area contributed by atoms with Gasteiger partial charge >= 0.3 is 11.9 Å². The van der Waals surface area contributed by atoms with Crippen molar-refractivity contribution in [1.29, 1.82) is 0 Å². The predicted octanol–water partition coefficient (Wildman–Crippen LogP) is 3.33. The molecule has 0 heterocycles. The Morgan fingerprint density at radius 1 is 1.00 bits per heavy atom. The summed E-state index contributed by atoms with van der Waals surface area (Å²) in [5.74, 6) is -0.258. The number of hydrogen-bond donors (Lipinski definition) is 0. The molecule has 0 saturated heterocycles. The second-order valence-corrected chi connectivity index (χ2v) is 4.70. The van der Waals surface area contributed by atoms with Crippen LogP contribution < -0.4 is 4.74 Å². The molecular weight excluding hydrogens is 296 g/mol. The highest BCUT2D eigenvalue weighted by atomic mass is 16.5. The van der Waals surface area contributed by atoms with Crippen molar-refractivity contribution in [2.24, 2.45) is 0 Å². The largest absolute Gasteiger partial charge is 0.497 e. The van der Waals surface area contributed by atoms with E-state index in [0.29, 0.717) is 22.4 Å². The molecule has 5 nitrogen and oxygen atoms in total. The van der Waals surface area contributed by atoms with Crippen molar-refractivity contribution in [3.63, 3.8) is 0 Å². The number of carbonyl (C=O) groups excluding carboxylic acids is 2. The SMILES string of the molecule is CCOC(=O)c1ccc(C(=O)OC)c(-c2cccc(OC)c2)c1. The van der Waals surface area contributed by atoms with Crippen LogP contribution in [0.1, 0.15) is 27.6 Å². The summed E-state index contributed by atoms with van der Waals surface area (Å²) >= 11 is 0. The van der Waals surface area contributed by atoms with Gasteiger partial charge in [-0.25, -0.2) is 9.59 Å². The first-order chi connectivity index (χ1) is 11.1. The fourth-order valence-corrected chi connectivity index (χ4v) is 2.20. The molecule has 0 bridgehead atoms. The molecule has 120 valence electrons. The number of methoxy groups -OCH3 is 2. The number of benzene rings is 2. The third-order valence-corrected chi connectivity index (χ3v) is 3.32. The van der Waals surface area contributed by atoms with Crippen molar-refractivity contribution >= 4 is 11.9 Å². The summed E-state index contributed by atoms with van der Waals surface area (Å²) in [6.07, 6.45) is 0. The van der Waals surface area contributed by atoms with E-state index in [4.69, 9.17) is 14.2 Å². The molecule has 0 radical (unpaired) electrons. The van der Waals surface area contributed by atoms with Crippen LogP contribution in [0.3, 0.4) is 0 Å². The lowest BCUT2D eigenvalue weighted by atomic mass is 9.97. The van der Waals surface area contributed by atoms with Gasteiger partial charge in [0.15, 0.2) is 0 Å². The minimum Gasteiger partial charge on any atom is -0.497 e. The Balaban J connectivity index is 2.58. The van der Waals surface area contributed by atoms with E-state index >= 15 is 0 Å². The van der Waals surface area contributed by atoms with Crippen LogP contribution in [0.4, 0.5) is 0 Å². The van der Waals surface area contributed by atoms with Crippen LogP contribution in [0.25, 0.3) is 11.1 Å². The summed E-state index contributed by atoms with van der Waals surface area (Å²) in [5.41, 5.74) is 2.07. The lowest BCUT2D eigenvalue weighted by molar-refractivity contribution is 0.0524. The fraction of sp³-hybridized carbons (Fsp3) is 0.222. The lowest BCUT2D eigenvalue weighted by Crippen LogP contribution is -2.08. The third-order valence-electron chi connectivity index (χ3n) is 3.32. The van der Waals surface area contributed by atoms with E-state index < -0.39 is 11.9 Å². The molecule has 0 aliphatic carbocycles. The van der Waals surface area contributed by atoms with Crippen molar-refractivity contribution < 1.29 is 23.8 Å². The first kappa shape index (κ1) is 16.5. The number of carbonyl (C=O) groups is 2.